The molecule has 1 aliphatic heterocycles. The predicted octanol–water partition coefficient (Wildman–Crippen LogP) is 4.92. The van der Waals surface area contributed by atoms with E-state index in [-0.39, 0.29) is 11.8 Å². The molecule has 1 saturated heterocycles. The van der Waals surface area contributed by atoms with Gasteiger partial charge in [0.2, 0.25) is 5.75 Å². The first-order valence-corrected chi connectivity index (χ1v) is 13.7. The number of ether oxygens (including phenoxy) is 4. The lowest BCUT2D eigenvalue weighted by molar-refractivity contribution is -0.117. The zero-order valence-corrected chi connectivity index (χ0v) is 25.1. The van der Waals surface area contributed by atoms with Crippen molar-refractivity contribution in [2.75, 3.05) is 59.2 Å². The van der Waals surface area contributed by atoms with Crippen LogP contribution in [0.1, 0.15) is 20.7 Å². The number of hydrogen-bond donors (Lipinski definition) is 0. The van der Waals surface area contributed by atoms with E-state index in [0.717, 1.165) is 0 Å². The smallest absolute Gasteiger partial charge is 0.255 e. The molecule has 2 amide bonds. The fourth-order valence-electron chi connectivity index (χ4n) is 3.93. The molecule has 0 N–H and O–H groups in total. The summed E-state index contributed by atoms with van der Waals surface area (Å²) in [4.78, 5) is 38.2. The van der Waals surface area contributed by atoms with E-state index in [9.17, 15) is 14.4 Å². The molecule has 4 rings (SSSR count). The Morgan fingerprint density at radius 3 is 2.07 bits per heavy atom. The number of aldehydes is 1. The zero-order chi connectivity index (χ0) is 30.6. The number of carbonyl (C=O) groups excluding carboxylic acids is 3. The minimum atomic E-state index is -0.185. The van der Waals surface area contributed by atoms with Crippen molar-refractivity contribution in [3.63, 3.8) is 0 Å². The highest BCUT2D eigenvalue weighted by atomic mass is 32.2. The van der Waals surface area contributed by atoms with Gasteiger partial charge in [-0.1, -0.05) is 36.9 Å². The van der Waals surface area contributed by atoms with Crippen LogP contribution in [0.15, 0.2) is 72.8 Å². The quantitative estimate of drug-likeness (QED) is 0.0950. The Morgan fingerprint density at radius 1 is 0.929 bits per heavy atom. The molecule has 3 aromatic rings. The number of anilines is 1. The summed E-state index contributed by atoms with van der Waals surface area (Å²) < 4.78 is 26.5. The lowest BCUT2D eigenvalue weighted by Gasteiger charge is -2.33. The average molecular weight is 595 g/mol. The first-order chi connectivity index (χ1) is 20.3. The number of benzene rings is 3. The summed E-state index contributed by atoms with van der Waals surface area (Å²) in [5.41, 5.74) is 2.11. The van der Waals surface area contributed by atoms with Gasteiger partial charge in [0, 0.05) is 42.6 Å². The highest BCUT2D eigenvalue weighted by molar-refractivity contribution is 7.95. The summed E-state index contributed by atoms with van der Waals surface area (Å²) in [6.07, 6.45) is 0.695. The van der Waals surface area contributed by atoms with Crippen molar-refractivity contribution in [3.8, 4) is 28.7 Å². The monoisotopic (exact) mass is 594 g/mol. The van der Waals surface area contributed by atoms with Gasteiger partial charge < -0.3 is 32.9 Å². The van der Waals surface area contributed by atoms with Crippen molar-refractivity contribution < 1.29 is 37.5 Å². The number of carbonyl (C=O) groups is 3. The SMILES string of the molecule is C=C1CN(c2cc(OC)c(OC)c(OC)c2)C1=O.COc1ccccc1OSCCN(C)C(=O)c1ccccc1C=O. The minimum Gasteiger partial charge on any atom is -0.493 e. The van der Waals surface area contributed by atoms with E-state index in [1.54, 1.807) is 60.4 Å². The minimum absolute atomic E-state index is 0.0794. The second-order valence-corrected chi connectivity index (χ2v) is 9.68. The van der Waals surface area contributed by atoms with Gasteiger partial charge in [-0.3, -0.25) is 14.4 Å². The molecule has 0 aromatic heterocycles. The maximum absolute atomic E-state index is 12.4. The molecule has 222 valence electrons. The van der Waals surface area contributed by atoms with E-state index < -0.39 is 0 Å². The predicted molar refractivity (Wildman–Crippen MR) is 162 cm³/mol. The Labute approximate surface area is 250 Å². The molecular weight excluding hydrogens is 560 g/mol. The van der Waals surface area contributed by atoms with Crippen LogP contribution < -0.4 is 28.0 Å². The van der Waals surface area contributed by atoms with Gasteiger partial charge in [-0.05, 0) is 18.2 Å². The van der Waals surface area contributed by atoms with E-state index in [2.05, 4.69) is 6.58 Å². The van der Waals surface area contributed by atoms with Crippen molar-refractivity contribution in [1.29, 1.82) is 0 Å². The van der Waals surface area contributed by atoms with Crippen LogP contribution in [0.5, 0.6) is 28.7 Å². The van der Waals surface area contributed by atoms with E-state index in [4.69, 9.17) is 23.1 Å². The second-order valence-electron chi connectivity index (χ2n) is 8.87. The van der Waals surface area contributed by atoms with Gasteiger partial charge in [0.05, 0.1) is 58.3 Å². The molecule has 10 nitrogen and oxygen atoms in total. The highest BCUT2D eigenvalue weighted by Gasteiger charge is 2.31. The third-order valence-corrected chi connectivity index (χ3v) is 6.90. The van der Waals surface area contributed by atoms with Gasteiger partial charge in [0.15, 0.2) is 29.3 Å². The van der Waals surface area contributed by atoms with Gasteiger partial charge in [-0.25, -0.2) is 0 Å². The van der Waals surface area contributed by atoms with Crippen LogP contribution in [0.25, 0.3) is 0 Å². The van der Waals surface area contributed by atoms with E-state index in [0.29, 0.717) is 76.3 Å². The highest BCUT2D eigenvalue weighted by Crippen LogP contribution is 2.42. The fourth-order valence-corrected chi connectivity index (χ4v) is 4.63. The van der Waals surface area contributed by atoms with Gasteiger partial charge in [0.1, 0.15) is 0 Å². The molecule has 11 heteroatoms. The molecule has 0 radical (unpaired) electrons. The van der Waals surface area contributed by atoms with Crippen LogP contribution in [-0.4, -0.2) is 77.3 Å². The number of methoxy groups -OCH3 is 4. The van der Waals surface area contributed by atoms with Crippen LogP contribution in [-0.2, 0) is 4.79 Å². The number of amides is 2. The lowest BCUT2D eigenvalue weighted by Crippen LogP contribution is -2.45. The molecule has 0 saturated carbocycles. The summed E-state index contributed by atoms with van der Waals surface area (Å²) in [5.74, 6) is 3.19. The molecule has 0 spiro atoms. The Morgan fingerprint density at radius 2 is 1.52 bits per heavy atom. The van der Waals surface area contributed by atoms with Crippen LogP contribution >= 0.6 is 12.0 Å². The van der Waals surface area contributed by atoms with Crippen LogP contribution in [0, 0.1) is 0 Å². The molecule has 3 aromatic carbocycles. The maximum atomic E-state index is 12.4. The molecule has 0 aliphatic carbocycles. The summed E-state index contributed by atoms with van der Waals surface area (Å²) >= 11 is 1.24. The van der Waals surface area contributed by atoms with Crippen molar-refractivity contribution in [3.05, 3.63) is 83.9 Å². The van der Waals surface area contributed by atoms with Crippen molar-refractivity contribution >= 4 is 35.8 Å². The first-order valence-electron chi connectivity index (χ1n) is 12.8. The molecule has 1 heterocycles. The largest absolute Gasteiger partial charge is 0.493 e. The number of β-lactam (4-membered cyclic amide) rings is 1. The number of rotatable bonds is 12. The first kappa shape index (κ1) is 31.9. The molecule has 42 heavy (non-hydrogen) atoms. The molecular formula is C31H34N2O8S. The molecule has 0 unspecified atom stereocenters. The number of hydrogen-bond acceptors (Lipinski definition) is 9. The van der Waals surface area contributed by atoms with Crippen LogP contribution in [0.2, 0.25) is 0 Å². The summed E-state index contributed by atoms with van der Waals surface area (Å²) in [5, 5.41) is 0. The third kappa shape index (κ3) is 7.55. The van der Waals surface area contributed by atoms with E-state index in [1.807, 2.05) is 24.3 Å². The van der Waals surface area contributed by atoms with Crippen molar-refractivity contribution in [2.24, 2.45) is 0 Å². The van der Waals surface area contributed by atoms with Crippen molar-refractivity contribution in [2.45, 2.75) is 0 Å². The summed E-state index contributed by atoms with van der Waals surface area (Å²) in [6.45, 7) is 4.67. The summed E-state index contributed by atoms with van der Waals surface area (Å²) in [7, 11) is 7.91. The Hall–Kier alpha value is -4.64. The van der Waals surface area contributed by atoms with Crippen LogP contribution in [0.4, 0.5) is 5.69 Å². The number of nitrogens with zero attached hydrogens (tertiary/aromatic N) is 2. The number of para-hydroxylation sites is 2. The molecule has 1 fully saturated rings. The van der Waals surface area contributed by atoms with Crippen LogP contribution in [0.3, 0.4) is 0 Å². The van der Waals surface area contributed by atoms with Gasteiger partial charge >= 0.3 is 0 Å². The zero-order valence-electron chi connectivity index (χ0n) is 24.2. The fraction of sp³-hybridized carbons (Fsp3) is 0.258. The molecule has 1 aliphatic rings. The average Bonchev–Trinajstić information content (AvgIpc) is 3.04. The maximum Gasteiger partial charge on any atom is 0.255 e. The Bertz CT molecular complexity index is 1400. The van der Waals surface area contributed by atoms with Gasteiger partial charge in [-0.15, -0.1) is 0 Å². The van der Waals surface area contributed by atoms with E-state index in [1.165, 1.54) is 33.4 Å². The molecule has 0 atom stereocenters. The lowest BCUT2D eigenvalue weighted by atomic mass is 10.1. The standard InChI is InChI=1S/C18H19NO4S.C13H15NO4/c1-19(18(21)15-8-4-3-7-14(15)13-20)11-12-24-23-17-10-6-5-9-16(17)22-2;1-8-7-14(13(8)15)9-5-10(16-2)12(18-4)11(6-9)17-3/h3-10,13H,11-12H2,1-2H3;5-6H,1,7H2,2-4H3. The topological polar surface area (TPSA) is 104 Å². The normalized spacial score (nSPS) is 11.9. The summed E-state index contributed by atoms with van der Waals surface area (Å²) in [6, 6.07) is 17.6. The third-order valence-electron chi connectivity index (χ3n) is 6.25. The Kier molecular flexibility index (Phi) is 11.7. The van der Waals surface area contributed by atoms with E-state index >= 15 is 0 Å². The molecule has 0 bridgehead atoms. The second kappa shape index (κ2) is 15.4. The van der Waals surface area contributed by atoms with Gasteiger partial charge in [-0.2, -0.15) is 0 Å². The Balaban J connectivity index is 0.000000240. The van der Waals surface area contributed by atoms with Gasteiger partial charge in [0.25, 0.3) is 11.8 Å². The van der Waals surface area contributed by atoms with Crippen molar-refractivity contribution in [1.82, 2.24) is 4.90 Å².